The average Bonchev–Trinajstić information content (AvgIpc) is 2.64. The molecular weight excluding hydrogens is 272 g/mol. The first kappa shape index (κ1) is 15.1. The normalized spacial score (nSPS) is 10.9. The van der Waals surface area contributed by atoms with Gasteiger partial charge in [-0.1, -0.05) is 19.9 Å². The Morgan fingerprint density at radius 1 is 1.33 bits per heavy atom. The molecule has 0 saturated carbocycles. The molecule has 5 heteroatoms. The summed E-state index contributed by atoms with van der Waals surface area (Å²) in [6.45, 7) is 5.93. The summed E-state index contributed by atoms with van der Waals surface area (Å²) in [5.74, 6) is 0.219. The molecule has 0 aromatic heterocycles. The van der Waals surface area contributed by atoms with E-state index in [1.165, 1.54) is 7.11 Å². The summed E-state index contributed by atoms with van der Waals surface area (Å²) >= 11 is 0. The van der Waals surface area contributed by atoms with Crippen LogP contribution in [0, 0.1) is 0 Å². The molecule has 0 saturated heterocycles. The summed E-state index contributed by atoms with van der Waals surface area (Å²) in [4.78, 5) is 24.0. The molecule has 0 radical (unpaired) electrons. The molecular formula is C16H18O5. The van der Waals surface area contributed by atoms with Gasteiger partial charge in [0.2, 0.25) is 0 Å². The van der Waals surface area contributed by atoms with Gasteiger partial charge in [-0.25, -0.2) is 9.59 Å². The van der Waals surface area contributed by atoms with Crippen LogP contribution in [0.3, 0.4) is 0 Å². The fraction of sp³-hybridized carbons (Fsp3) is 0.375. The lowest BCUT2D eigenvalue weighted by atomic mass is 10.0. The number of carbonyl (C=O) groups is 1. The van der Waals surface area contributed by atoms with Crippen LogP contribution in [0.1, 0.15) is 42.6 Å². The molecule has 0 N–H and O–H groups in total. The van der Waals surface area contributed by atoms with E-state index in [9.17, 15) is 9.59 Å². The molecule has 2 rings (SSSR count). The minimum atomic E-state index is -0.706. The number of hydrogen-bond donors (Lipinski definition) is 0. The van der Waals surface area contributed by atoms with Crippen LogP contribution < -0.4 is 10.4 Å². The fourth-order valence-corrected chi connectivity index (χ4v) is 2.12. The predicted octanol–water partition coefficient (Wildman–Crippen LogP) is 3.05. The van der Waals surface area contributed by atoms with Crippen molar-refractivity contribution in [1.82, 2.24) is 0 Å². The monoisotopic (exact) mass is 290 g/mol. The van der Waals surface area contributed by atoms with E-state index in [1.54, 1.807) is 19.1 Å². The fourth-order valence-electron chi connectivity index (χ4n) is 2.12. The predicted molar refractivity (Wildman–Crippen MR) is 78.2 cm³/mol. The van der Waals surface area contributed by atoms with Gasteiger partial charge in [0.05, 0.1) is 13.7 Å². The minimum Gasteiger partial charge on any atom is -0.493 e. The van der Waals surface area contributed by atoms with Crippen molar-refractivity contribution in [2.24, 2.45) is 0 Å². The third kappa shape index (κ3) is 2.77. The molecule has 1 aliphatic carbocycles. The van der Waals surface area contributed by atoms with E-state index in [4.69, 9.17) is 13.9 Å². The summed E-state index contributed by atoms with van der Waals surface area (Å²) in [7, 11) is 1.49. The van der Waals surface area contributed by atoms with Gasteiger partial charge in [0, 0.05) is 5.56 Å². The maximum atomic E-state index is 12.0. The topological polar surface area (TPSA) is 65.7 Å². The molecule has 0 fully saturated rings. The van der Waals surface area contributed by atoms with E-state index in [-0.39, 0.29) is 23.8 Å². The van der Waals surface area contributed by atoms with Crippen molar-refractivity contribution >= 4 is 5.97 Å². The number of furan rings is 1. The second-order valence-electron chi connectivity index (χ2n) is 4.93. The van der Waals surface area contributed by atoms with E-state index in [2.05, 4.69) is 0 Å². The molecule has 0 bridgehead atoms. The van der Waals surface area contributed by atoms with E-state index >= 15 is 0 Å². The maximum Gasteiger partial charge on any atom is 0.351 e. The number of esters is 1. The zero-order valence-electron chi connectivity index (χ0n) is 12.6. The van der Waals surface area contributed by atoms with Crippen molar-refractivity contribution in [2.75, 3.05) is 13.7 Å². The quantitative estimate of drug-likeness (QED) is 0.810. The zero-order valence-corrected chi connectivity index (χ0v) is 12.6. The number of fused-ring (bicyclic) bond motifs is 1. The van der Waals surface area contributed by atoms with Gasteiger partial charge in [0.25, 0.3) is 0 Å². The number of methoxy groups -OCH3 is 1. The van der Waals surface area contributed by atoms with Crippen LogP contribution in [0.15, 0.2) is 27.4 Å². The second kappa shape index (κ2) is 5.99. The Hall–Kier alpha value is -2.30. The largest absolute Gasteiger partial charge is 0.493 e. The van der Waals surface area contributed by atoms with Crippen molar-refractivity contribution in [3.63, 3.8) is 0 Å². The molecule has 112 valence electrons. The molecule has 1 heterocycles. The molecule has 0 aromatic rings. The van der Waals surface area contributed by atoms with Gasteiger partial charge in [-0.15, -0.1) is 0 Å². The third-order valence-electron chi connectivity index (χ3n) is 3.24. The van der Waals surface area contributed by atoms with Gasteiger partial charge < -0.3 is 13.9 Å². The van der Waals surface area contributed by atoms with E-state index in [1.807, 2.05) is 19.9 Å². The van der Waals surface area contributed by atoms with Gasteiger partial charge >= 0.3 is 11.6 Å². The van der Waals surface area contributed by atoms with Crippen LogP contribution in [0.25, 0.3) is 11.3 Å². The second-order valence-corrected chi connectivity index (χ2v) is 4.93. The van der Waals surface area contributed by atoms with Gasteiger partial charge in [-0.05, 0) is 30.5 Å². The summed E-state index contributed by atoms with van der Waals surface area (Å²) in [5, 5.41) is 0. The first-order chi connectivity index (χ1) is 9.99. The van der Waals surface area contributed by atoms with Gasteiger partial charge in [-0.3, -0.25) is 0 Å². The lowest BCUT2D eigenvalue weighted by Crippen LogP contribution is -2.13. The van der Waals surface area contributed by atoms with Gasteiger partial charge in [0.1, 0.15) is 0 Å². The zero-order chi connectivity index (χ0) is 15.6. The van der Waals surface area contributed by atoms with Crippen LogP contribution in [-0.2, 0) is 4.74 Å². The Morgan fingerprint density at radius 3 is 2.62 bits per heavy atom. The molecule has 0 aromatic carbocycles. The average molecular weight is 290 g/mol. The van der Waals surface area contributed by atoms with E-state index < -0.39 is 11.6 Å². The Bertz CT molecular complexity index is 684. The van der Waals surface area contributed by atoms with Gasteiger partial charge in [0.15, 0.2) is 17.1 Å². The lowest BCUT2D eigenvalue weighted by Gasteiger charge is -2.03. The highest BCUT2D eigenvalue weighted by atomic mass is 16.5. The highest BCUT2D eigenvalue weighted by Crippen LogP contribution is 2.35. The molecule has 5 nitrogen and oxygen atoms in total. The van der Waals surface area contributed by atoms with E-state index in [0.29, 0.717) is 11.3 Å². The number of rotatable bonds is 4. The summed E-state index contributed by atoms with van der Waals surface area (Å²) in [6, 6.07) is 5.40. The maximum absolute atomic E-state index is 12.0. The minimum absolute atomic E-state index is 0.0803. The lowest BCUT2D eigenvalue weighted by molar-refractivity contribution is 0.0524. The number of hydrogen-bond acceptors (Lipinski definition) is 5. The summed E-state index contributed by atoms with van der Waals surface area (Å²) < 4.78 is 15.4. The van der Waals surface area contributed by atoms with Crippen molar-refractivity contribution in [3.05, 3.63) is 39.7 Å². The first-order valence-corrected chi connectivity index (χ1v) is 6.81. The Kier molecular flexibility index (Phi) is 4.31. The summed E-state index contributed by atoms with van der Waals surface area (Å²) in [5.41, 5.74) is 0.601. The van der Waals surface area contributed by atoms with Crippen molar-refractivity contribution in [1.29, 1.82) is 0 Å². The highest BCUT2D eigenvalue weighted by molar-refractivity contribution is 5.97. The van der Waals surface area contributed by atoms with E-state index in [0.717, 1.165) is 5.56 Å². The molecule has 2 aliphatic rings. The Labute approximate surface area is 122 Å². The molecule has 0 spiro atoms. The first-order valence-electron chi connectivity index (χ1n) is 6.81. The molecule has 21 heavy (non-hydrogen) atoms. The molecule has 0 unspecified atom stereocenters. The van der Waals surface area contributed by atoms with Crippen LogP contribution in [0.5, 0.6) is 5.75 Å². The SMILES string of the molecule is CCOC(=O)c1c2cc(C(C)C)ccc(OC)c-2oc1=O. The van der Waals surface area contributed by atoms with Crippen LogP contribution >= 0.6 is 0 Å². The molecule has 0 atom stereocenters. The molecule has 1 aliphatic heterocycles. The molecule has 0 amide bonds. The van der Waals surface area contributed by atoms with Crippen LogP contribution in [-0.4, -0.2) is 19.7 Å². The standard InChI is InChI=1S/C16H18O5/c1-5-20-15(17)13-11-8-10(9(2)3)6-7-12(19-4)14(11)21-16(13)18/h6-9H,5H2,1-4H3. The number of carbonyl (C=O) groups excluding carboxylic acids is 1. The van der Waals surface area contributed by atoms with Crippen molar-refractivity contribution in [2.45, 2.75) is 26.7 Å². The Morgan fingerprint density at radius 2 is 2.05 bits per heavy atom. The van der Waals surface area contributed by atoms with Crippen LogP contribution in [0.4, 0.5) is 0 Å². The smallest absolute Gasteiger partial charge is 0.351 e. The van der Waals surface area contributed by atoms with Gasteiger partial charge in [-0.2, -0.15) is 0 Å². The summed E-state index contributed by atoms with van der Waals surface area (Å²) in [6.07, 6.45) is 0. The highest BCUT2D eigenvalue weighted by Gasteiger charge is 2.27. The number of ether oxygens (including phenoxy) is 2. The Balaban J connectivity index is 2.76. The van der Waals surface area contributed by atoms with Crippen molar-refractivity contribution in [3.8, 4) is 17.1 Å². The van der Waals surface area contributed by atoms with Crippen molar-refractivity contribution < 1.29 is 18.7 Å². The van der Waals surface area contributed by atoms with Crippen LogP contribution in [0.2, 0.25) is 0 Å². The third-order valence-corrected chi connectivity index (χ3v) is 3.24.